The summed E-state index contributed by atoms with van der Waals surface area (Å²) in [6, 6.07) is 19.0. The van der Waals surface area contributed by atoms with E-state index in [1.165, 1.54) is 12.1 Å². The molecule has 5 rings (SSSR count). The summed E-state index contributed by atoms with van der Waals surface area (Å²) in [5.74, 6) is -1.60. The molecule has 10 nitrogen and oxygen atoms in total. The van der Waals surface area contributed by atoms with Crippen molar-refractivity contribution < 1.29 is 37.0 Å². The molecule has 12 heteroatoms. The molecule has 1 amide bonds. The summed E-state index contributed by atoms with van der Waals surface area (Å²) in [6.07, 6.45) is 1.57. The standard InChI is InChI=1S/C35H40FN3O7S/c1-4-45-33(40)32-30(25-13-14-26(29(36)15-25)20-47(3,43)44)28-12-8-11-27(31(28)39-32)22(2)38-21-35(42)16-24(17-35)18-37-34(41)46-19-23-9-6-5-7-10-23/h5-15,22,24,38-39,42H,4,16-21H2,1-3H3,(H,37,41)/t22-,24?,35?/m0/s1. The van der Waals surface area contributed by atoms with Crippen LogP contribution in [-0.2, 0) is 31.7 Å². The van der Waals surface area contributed by atoms with Gasteiger partial charge in [-0.3, -0.25) is 0 Å². The molecule has 0 spiro atoms. The number of para-hydroxylation sites is 1. The maximum atomic E-state index is 15.1. The predicted octanol–water partition coefficient (Wildman–Crippen LogP) is 5.41. The first-order chi connectivity index (χ1) is 22.4. The number of carbonyl (C=O) groups is 2. The molecule has 0 radical (unpaired) electrons. The molecule has 3 aromatic carbocycles. The number of amides is 1. The Bertz CT molecular complexity index is 1850. The molecule has 1 aromatic heterocycles. The van der Waals surface area contributed by atoms with Crippen molar-refractivity contribution in [3.05, 3.63) is 94.9 Å². The summed E-state index contributed by atoms with van der Waals surface area (Å²) in [7, 11) is -3.45. The van der Waals surface area contributed by atoms with Gasteiger partial charge in [0, 0.05) is 41.9 Å². The Labute approximate surface area is 273 Å². The molecule has 4 aromatic rings. The van der Waals surface area contributed by atoms with Crippen LogP contribution in [-0.4, -0.2) is 62.1 Å². The van der Waals surface area contributed by atoms with Gasteiger partial charge in [-0.1, -0.05) is 60.7 Å². The zero-order valence-corrected chi connectivity index (χ0v) is 27.5. The number of H-pyrrole nitrogens is 1. The molecule has 1 atom stereocenters. The molecule has 1 aliphatic carbocycles. The smallest absolute Gasteiger partial charge is 0.407 e. The number of halogens is 1. The lowest BCUT2D eigenvalue weighted by atomic mass is 9.70. The molecule has 250 valence electrons. The van der Waals surface area contributed by atoms with E-state index in [4.69, 9.17) is 9.47 Å². The molecule has 1 fully saturated rings. The van der Waals surface area contributed by atoms with Crippen LogP contribution in [0.5, 0.6) is 0 Å². The molecular formula is C35H40FN3O7S. The van der Waals surface area contributed by atoms with Crippen molar-refractivity contribution in [1.82, 2.24) is 15.6 Å². The van der Waals surface area contributed by atoms with Crippen LogP contribution in [0.4, 0.5) is 9.18 Å². The van der Waals surface area contributed by atoms with E-state index < -0.39 is 39.1 Å². The Balaban J connectivity index is 1.26. The topological polar surface area (TPSA) is 147 Å². The van der Waals surface area contributed by atoms with Crippen LogP contribution in [0.3, 0.4) is 0 Å². The van der Waals surface area contributed by atoms with E-state index in [1.54, 1.807) is 13.0 Å². The van der Waals surface area contributed by atoms with Gasteiger partial charge in [0.1, 0.15) is 18.1 Å². The SMILES string of the molecule is CCOC(=O)c1[nH]c2c([C@H](C)NCC3(O)CC(CNC(=O)OCc4ccccc4)C3)cccc2c1-c1ccc(CS(C)(=O)=O)c(F)c1. The summed E-state index contributed by atoms with van der Waals surface area (Å²) >= 11 is 0. The van der Waals surface area contributed by atoms with Crippen LogP contribution in [0.25, 0.3) is 22.0 Å². The summed E-state index contributed by atoms with van der Waals surface area (Å²) in [4.78, 5) is 28.3. The highest BCUT2D eigenvalue weighted by atomic mass is 32.2. The van der Waals surface area contributed by atoms with Crippen molar-refractivity contribution in [2.75, 3.05) is 26.0 Å². The highest BCUT2D eigenvalue weighted by Crippen LogP contribution is 2.39. The summed E-state index contributed by atoms with van der Waals surface area (Å²) in [5, 5.41) is 18.0. The molecule has 0 saturated heterocycles. The first kappa shape index (κ1) is 34.1. The number of esters is 1. The molecular weight excluding hydrogens is 625 g/mol. The van der Waals surface area contributed by atoms with Gasteiger partial charge in [0.2, 0.25) is 0 Å². The number of hydrogen-bond donors (Lipinski definition) is 4. The Hall–Kier alpha value is -4.26. The van der Waals surface area contributed by atoms with Crippen LogP contribution < -0.4 is 10.6 Å². The van der Waals surface area contributed by atoms with E-state index in [1.807, 2.05) is 55.5 Å². The van der Waals surface area contributed by atoms with Crippen LogP contribution in [0.1, 0.15) is 59.9 Å². The second-order valence-electron chi connectivity index (χ2n) is 12.3. The fraction of sp³-hybridized carbons (Fsp3) is 0.371. The zero-order valence-electron chi connectivity index (χ0n) is 26.6. The maximum Gasteiger partial charge on any atom is 0.407 e. The molecule has 47 heavy (non-hydrogen) atoms. The highest BCUT2D eigenvalue weighted by Gasteiger charge is 2.42. The lowest BCUT2D eigenvalue weighted by Gasteiger charge is -2.44. The number of carbonyl (C=O) groups excluding carboxylic acids is 2. The average molecular weight is 666 g/mol. The van der Waals surface area contributed by atoms with Crippen molar-refractivity contribution in [3.63, 3.8) is 0 Å². The molecule has 0 aliphatic heterocycles. The van der Waals surface area contributed by atoms with E-state index in [-0.39, 0.29) is 36.4 Å². The zero-order chi connectivity index (χ0) is 33.8. The molecule has 0 unspecified atom stereocenters. The first-order valence-electron chi connectivity index (χ1n) is 15.5. The van der Waals surface area contributed by atoms with Gasteiger partial charge < -0.3 is 30.2 Å². The van der Waals surface area contributed by atoms with Crippen molar-refractivity contribution in [3.8, 4) is 11.1 Å². The minimum absolute atomic E-state index is 0.0437. The molecule has 1 aliphatic rings. The lowest BCUT2D eigenvalue weighted by molar-refractivity contribution is -0.0712. The number of aromatic nitrogens is 1. The van der Waals surface area contributed by atoms with Crippen LogP contribution in [0.2, 0.25) is 0 Å². The number of ether oxygens (including phenoxy) is 2. The van der Waals surface area contributed by atoms with Gasteiger partial charge in [0.15, 0.2) is 9.84 Å². The molecule has 4 N–H and O–H groups in total. The van der Waals surface area contributed by atoms with Crippen molar-refractivity contribution in [1.29, 1.82) is 0 Å². The third kappa shape index (κ3) is 8.37. The first-order valence-corrected chi connectivity index (χ1v) is 17.6. The number of aliphatic hydroxyl groups is 1. The fourth-order valence-electron chi connectivity index (χ4n) is 6.12. The monoisotopic (exact) mass is 665 g/mol. The second-order valence-corrected chi connectivity index (χ2v) is 14.4. The quantitative estimate of drug-likeness (QED) is 0.139. The largest absolute Gasteiger partial charge is 0.461 e. The molecule has 1 heterocycles. The third-order valence-corrected chi connectivity index (χ3v) is 9.23. The van der Waals surface area contributed by atoms with Crippen LogP contribution >= 0.6 is 0 Å². The van der Waals surface area contributed by atoms with Crippen LogP contribution in [0.15, 0.2) is 66.7 Å². The summed E-state index contributed by atoms with van der Waals surface area (Å²) < 4.78 is 49.2. The Morgan fingerprint density at radius 2 is 1.83 bits per heavy atom. The van der Waals surface area contributed by atoms with E-state index in [0.29, 0.717) is 48.0 Å². The number of nitrogens with one attached hydrogen (secondary N) is 3. The molecule has 1 saturated carbocycles. The number of hydrogen-bond acceptors (Lipinski definition) is 8. The minimum atomic E-state index is -3.45. The van der Waals surface area contributed by atoms with Gasteiger partial charge >= 0.3 is 12.1 Å². The second kappa shape index (κ2) is 14.2. The Morgan fingerprint density at radius 3 is 2.51 bits per heavy atom. The van der Waals surface area contributed by atoms with E-state index in [2.05, 4.69) is 15.6 Å². The van der Waals surface area contributed by atoms with Crippen molar-refractivity contribution in [2.45, 2.75) is 50.7 Å². The Morgan fingerprint density at radius 1 is 1.09 bits per heavy atom. The number of alkyl carbamates (subject to hydrolysis) is 1. The highest BCUT2D eigenvalue weighted by molar-refractivity contribution is 7.89. The van der Waals surface area contributed by atoms with Gasteiger partial charge in [-0.25, -0.2) is 22.4 Å². The maximum absolute atomic E-state index is 15.1. The number of aromatic amines is 1. The molecule has 0 bridgehead atoms. The van der Waals surface area contributed by atoms with Crippen molar-refractivity contribution >= 4 is 32.8 Å². The summed E-state index contributed by atoms with van der Waals surface area (Å²) in [5.41, 5.74) is 2.50. The summed E-state index contributed by atoms with van der Waals surface area (Å²) in [6.45, 7) is 4.69. The normalized spacial score (nSPS) is 18.4. The van der Waals surface area contributed by atoms with Gasteiger partial charge in [-0.05, 0) is 55.4 Å². The predicted molar refractivity (Wildman–Crippen MR) is 177 cm³/mol. The fourth-order valence-corrected chi connectivity index (χ4v) is 6.92. The van der Waals surface area contributed by atoms with Gasteiger partial charge in [-0.15, -0.1) is 0 Å². The van der Waals surface area contributed by atoms with Gasteiger partial charge in [0.05, 0.1) is 23.5 Å². The Kier molecular flexibility index (Phi) is 10.3. The number of rotatable bonds is 13. The number of sulfone groups is 1. The average Bonchev–Trinajstić information content (AvgIpc) is 3.41. The van der Waals surface area contributed by atoms with Crippen LogP contribution in [0, 0.1) is 11.7 Å². The van der Waals surface area contributed by atoms with Gasteiger partial charge in [0.25, 0.3) is 0 Å². The minimum Gasteiger partial charge on any atom is -0.461 e. The van der Waals surface area contributed by atoms with E-state index in [9.17, 15) is 23.1 Å². The lowest BCUT2D eigenvalue weighted by Crippen LogP contribution is -2.54. The van der Waals surface area contributed by atoms with Gasteiger partial charge in [-0.2, -0.15) is 0 Å². The van der Waals surface area contributed by atoms with E-state index >= 15 is 4.39 Å². The van der Waals surface area contributed by atoms with Crippen molar-refractivity contribution in [2.24, 2.45) is 5.92 Å². The van der Waals surface area contributed by atoms with E-state index in [0.717, 1.165) is 17.4 Å². The number of benzene rings is 3. The third-order valence-electron chi connectivity index (χ3n) is 8.39. The number of fused-ring (bicyclic) bond motifs is 1.